The Hall–Kier alpha value is -1.03. The van der Waals surface area contributed by atoms with Crippen molar-refractivity contribution in [2.24, 2.45) is 5.16 Å². The molecule has 18 heavy (non-hydrogen) atoms. The summed E-state index contributed by atoms with van der Waals surface area (Å²) in [4.78, 5) is 5.50. The van der Waals surface area contributed by atoms with Gasteiger partial charge in [-0.05, 0) is 31.5 Å². The van der Waals surface area contributed by atoms with E-state index >= 15 is 0 Å². The standard InChI is InChI=1S/C14H18BrNO2/c1-14(2)8-12(13(9-15)16-18-14)10-4-6-11(17-3)7-5-10/h4-7,12H,8-9H2,1-3H3/t12-/m0/s1. The Morgan fingerprint density at radius 2 is 2.06 bits per heavy atom. The highest BCUT2D eigenvalue weighted by Crippen LogP contribution is 2.35. The van der Waals surface area contributed by atoms with E-state index in [2.05, 4.69) is 47.1 Å². The van der Waals surface area contributed by atoms with Crippen molar-refractivity contribution in [3.63, 3.8) is 0 Å². The minimum absolute atomic E-state index is 0.212. The van der Waals surface area contributed by atoms with Crippen molar-refractivity contribution in [1.29, 1.82) is 0 Å². The summed E-state index contributed by atoms with van der Waals surface area (Å²) in [6.45, 7) is 4.13. The van der Waals surface area contributed by atoms with Crippen LogP contribution in [0.25, 0.3) is 0 Å². The molecular formula is C14H18BrNO2. The molecule has 0 bridgehead atoms. The first-order chi connectivity index (χ1) is 8.55. The second-order valence-electron chi connectivity index (χ2n) is 5.10. The number of nitrogens with zero attached hydrogens (tertiary/aromatic N) is 1. The number of hydrogen-bond donors (Lipinski definition) is 0. The van der Waals surface area contributed by atoms with Crippen LogP contribution in [0.1, 0.15) is 31.7 Å². The summed E-state index contributed by atoms with van der Waals surface area (Å²) in [6, 6.07) is 8.18. The van der Waals surface area contributed by atoms with Crippen molar-refractivity contribution in [3.05, 3.63) is 29.8 Å². The maximum Gasteiger partial charge on any atom is 0.133 e. The van der Waals surface area contributed by atoms with Crippen LogP contribution >= 0.6 is 15.9 Å². The molecule has 1 atom stereocenters. The van der Waals surface area contributed by atoms with Gasteiger partial charge < -0.3 is 9.57 Å². The van der Waals surface area contributed by atoms with Crippen LogP contribution in [0.15, 0.2) is 29.4 Å². The number of benzene rings is 1. The lowest BCUT2D eigenvalue weighted by molar-refractivity contribution is -0.0328. The van der Waals surface area contributed by atoms with Crippen molar-refractivity contribution in [1.82, 2.24) is 0 Å². The molecule has 0 saturated heterocycles. The van der Waals surface area contributed by atoms with E-state index in [0.717, 1.165) is 23.2 Å². The molecule has 0 amide bonds. The maximum atomic E-state index is 5.50. The van der Waals surface area contributed by atoms with E-state index in [1.54, 1.807) is 7.11 Å². The number of oxime groups is 1. The van der Waals surface area contributed by atoms with Crippen LogP contribution in [0.4, 0.5) is 0 Å². The van der Waals surface area contributed by atoms with Crippen molar-refractivity contribution in [2.75, 3.05) is 12.4 Å². The SMILES string of the molecule is COc1ccc([C@@H]2CC(C)(C)ON=C2CBr)cc1. The first-order valence-electron chi connectivity index (χ1n) is 6.00. The van der Waals surface area contributed by atoms with Crippen molar-refractivity contribution in [2.45, 2.75) is 31.8 Å². The Labute approximate surface area is 116 Å². The Bertz CT molecular complexity index is 440. The first kappa shape index (κ1) is 13.4. The summed E-state index contributed by atoms with van der Waals surface area (Å²) in [5.74, 6) is 1.18. The zero-order valence-corrected chi connectivity index (χ0v) is 12.5. The van der Waals surface area contributed by atoms with Gasteiger partial charge in [0, 0.05) is 17.7 Å². The third-order valence-corrected chi connectivity index (χ3v) is 3.74. The number of rotatable bonds is 3. The van der Waals surface area contributed by atoms with Gasteiger partial charge in [-0.1, -0.05) is 33.2 Å². The van der Waals surface area contributed by atoms with Crippen LogP contribution in [0, 0.1) is 0 Å². The number of alkyl halides is 1. The fraction of sp³-hybridized carbons (Fsp3) is 0.500. The normalized spacial score (nSPS) is 22.0. The molecular weight excluding hydrogens is 294 g/mol. The molecule has 0 fully saturated rings. The van der Waals surface area contributed by atoms with E-state index in [1.807, 2.05) is 12.1 Å². The van der Waals surface area contributed by atoms with Crippen LogP contribution in [-0.2, 0) is 4.84 Å². The van der Waals surface area contributed by atoms with E-state index in [0.29, 0.717) is 5.92 Å². The predicted octanol–water partition coefficient (Wildman–Crippen LogP) is 3.73. The fourth-order valence-corrected chi connectivity index (χ4v) is 2.65. The van der Waals surface area contributed by atoms with Gasteiger partial charge in [0.05, 0.1) is 12.8 Å². The molecule has 3 nitrogen and oxygen atoms in total. The van der Waals surface area contributed by atoms with Gasteiger partial charge >= 0.3 is 0 Å². The fourth-order valence-electron chi connectivity index (χ4n) is 2.16. The summed E-state index contributed by atoms with van der Waals surface area (Å²) in [6.07, 6.45) is 0.934. The molecule has 0 unspecified atom stereocenters. The molecule has 0 N–H and O–H groups in total. The Morgan fingerprint density at radius 3 is 2.61 bits per heavy atom. The van der Waals surface area contributed by atoms with E-state index in [9.17, 15) is 0 Å². The summed E-state index contributed by atoms with van der Waals surface area (Å²) in [5, 5.41) is 4.98. The van der Waals surface area contributed by atoms with Crippen LogP contribution in [-0.4, -0.2) is 23.8 Å². The van der Waals surface area contributed by atoms with Crippen LogP contribution in [0.3, 0.4) is 0 Å². The molecule has 0 radical (unpaired) electrons. The second kappa shape index (κ2) is 5.31. The number of ether oxygens (including phenoxy) is 1. The molecule has 1 aromatic rings. The van der Waals surface area contributed by atoms with E-state index in [4.69, 9.17) is 9.57 Å². The highest BCUT2D eigenvalue weighted by molar-refractivity contribution is 9.09. The Morgan fingerprint density at radius 1 is 1.39 bits per heavy atom. The monoisotopic (exact) mass is 311 g/mol. The highest BCUT2D eigenvalue weighted by Gasteiger charge is 2.33. The summed E-state index contributed by atoms with van der Waals surface area (Å²) in [7, 11) is 1.68. The quantitative estimate of drug-likeness (QED) is 0.796. The minimum Gasteiger partial charge on any atom is -0.497 e. The van der Waals surface area contributed by atoms with Crippen LogP contribution in [0.2, 0.25) is 0 Å². The van der Waals surface area contributed by atoms with Crippen molar-refractivity contribution in [3.8, 4) is 5.75 Å². The van der Waals surface area contributed by atoms with E-state index < -0.39 is 0 Å². The molecule has 98 valence electrons. The summed E-state index contributed by atoms with van der Waals surface area (Å²) < 4.78 is 5.19. The number of hydrogen-bond acceptors (Lipinski definition) is 3. The minimum atomic E-state index is -0.212. The zero-order chi connectivity index (χ0) is 13.2. The van der Waals surface area contributed by atoms with Crippen LogP contribution in [0.5, 0.6) is 5.75 Å². The van der Waals surface area contributed by atoms with E-state index in [-0.39, 0.29) is 5.60 Å². The smallest absolute Gasteiger partial charge is 0.133 e. The van der Waals surface area contributed by atoms with E-state index in [1.165, 1.54) is 5.56 Å². The lowest BCUT2D eigenvalue weighted by Crippen LogP contribution is -2.34. The molecule has 4 heteroatoms. The Kier molecular flexibility index (Phi) is 3.95. The molecule has 2 rings (SSSR count). The van der Waals surface area contributed by atoms with Gasteiger partial charge in [-0.25, -0.2) is 0 Å². The predicted molar refractivity (Wildman–Crippen MR) is 76.7 cm³/mol. The molecule has 1 aliphatic heterocycles. The Balaban J connectivity index is 2.28. The summed E-state index contributed by atoms with van der Waals surface area (Å²) >= 11 is 3.48. The molecule has 0 saturated carbocycles. The van der Waals surface area contributed by atoms with Crippen LogP contribution < -0.4 is 4.74 Å². The molecule has 1 heterocycles. The lowest BCUT2D eigenvalue weighted by atomic mass is 9.84. The van der Waals surface area contributed by atoms with Crippen molar-refractivity contribution >= 4 is 21.6 Å². The largest absolute Gasteiger partial charge is 0.497 e. The molecule has 1 aliphatic rings. The second-order valence-corrected chi connectivity index (χ2v) is 5.66. The number of halogens is 1. The molecule has 0 aliphatic carbocycles. The van der Waals surface area contributed by atoms with Gasteiger partial charge in [-0.3, -0.25) is 0 Å². The van der Waals surface area contributed by atoms with Gasteiger partial charge in [0.1, 0.15) is 11.4 Å². The van der Waals surface area contributed by atoms with Gasteiger partial charge in [0.15, 0.2) is 0 Å². The zero-order valence-electron chi connectivity index (χ0n) is 10.9. The third kappa shape index (κ3) is 2.86. The first-order valence-corrected chi connectivity index (χ1v) is 7.13. The van der Waals surface area contributed by atoms with Gasteiger partial charge in [-0.15, -0.1) is 0 Å². The molecule has 1 aromatic carbocycles. The maximum absolute atomic E-state index is 5.50. The van der Waals surface area contributed by atoms with Gasteiger partial charge in [0.2, 0.25) is 0 Å². The molecule has 0 spiro atoms. The van der Waals surface area contributed by atoms with Crippen molar-refractivity contribution < 1.29 is 9.57 Å². The third-order valence-electron chi connectivity index (χ3n) is 3.16. The van der Waals surface area contributed by atoms with Gasteiger partial charge in [-0.2, -0.15) is 0 Å². The highest BCUT2D eigenvalue weighted by atomic mass is 79.9. The molecule has 0 aromatic heterocycles. The average molecular weight is 312 g/mol. The number of methoxy groups -OCH3 is 1. The topological polar surface area (TPSA) is 30.8 Å². The average Bonchev–Trinajstić information content (AvgIpc) is 2.38. The van der Waals surface area contributed by atoms with Gasteiger partial charge in [0.25, 0.3) is 0 Å². The lowest BCUT2D eigenvalue weighted by Gasteiger charge is -2.33. The summed E-state index contributed by atoms with van der Waals surface area (Å²) in [5.41, 5.74) is 2.08.